The van der Waals surface area contributed by atoms with Gasteiger partial charge in [0.2, 0.25) is 0 Å². The van der Waals surface area contributed by atoms with Crippen LogP contribution in [0.5, 0.6) is 0 Å². The van der Waals surface area contributed by atoms with E-state index in [-0.39, 0.29) is 5.41 Å². The molecule has 0 saturated carbocycles. The van der Waals surface area contributed by atoms with E-state index in [1.165, 1.54) is 22.3 Å². The summed E-state index contributed by atoms with van der Waals surface area (Å²) >= 11 is 0. The van der Waals surface area contributed by atoms with E-state index in [1.54, 1.807) is 5.57 Å². The number of nitrogens with two attached hydrogens (primary N) is 1. The Morgan fingerprint density at radius 1 is 1.17 bits per heavy atom. The first-order chi connectivity index (χ1) is 8.62. The zero-order valence-corrected chi connectivity index (χ0v) is 10.8. The third-order valence-corrected chi connectivity index (χ3v) is 4.70. The highest BCUT2D eigenvalue weighted by atomic mass is 14.6. The molecule has 0 fully saturated rings. The summed E-state index contributed by atoms with van der Waals surface area (Å²) in [5, 5.41) is 0. The maximum Gasteiger partial charge on any atom is 0.0340 e. The first kappa shape index (κ1) is 10.2. The van der Waals surface area contributed by atoms with Gasteiger partial charge >= 0.3 is 0 Å². The lowest BCUT2D eigenvalue weighted by Crippen LogP contribution is -2.28. The molecule has 0 spiro atoms. The second kappa shape index (κ2) is 2.97. The van der Waals surface area contributed by atoms with Gasteiger partial charge in [-0.1, -0.05) is 44.2 Å². The molecule has 0 aliphatic heterocycles. The van der Waals surface area contributed by atoms with Gasteiger partial charge in [-0.3, -0.25) is 0 Å². The molecule has 90 valence electrons. The van der Waals surface area contributed by atoms with Crippen LogP contribution >= 0.6 is 0 Å². The molecule has 1 nitrogen and oxygen atoms in total. The fraction of sp³-hybridized carbons (Fsp3) is 0.294. The summed E-state index contributed by atoms with van der Waals surface area (Å²) in [4.78, 5) is 0. The van der Waals surface area contributed by atoms with Crippen molar-refractivity contribution >= 4 is 0 Å². The largest absolute Gasteiger partial charge is 0.399 e. The van der Waals surface area contributed by atoms with Crippen molar-refractivity contribution in [3.8, 4) is 0 Å². The summed E-state index contributed by atoms with van der Waals surface area (Å²) in [6, 6.07) is 0. The number of hydrogen-bond acceptors (Lipinski definition) is 1. The number of allylic oxidation sites excluding steroid dienone is 11. The van der Waals surface area contributed by atoms with Crippen LogP contribution in [0.15, 0.2) is 70.0 Å². The van der Waals surface area contributed by atoms with Crippen LogP contribution in [0.4, 0.5) is 0 Å². The lowest BCUT2D eigenvalue weighted by Gasteiger charge is -2.37. The van der Waals surface area contributed by atoms with Crippen LogP contribution < -0.4 is 5.73 Å². The monoisotopic (exact) mass is 235 g/mol. The predicted octanol–water partition coefficient (Wildman–Crippen LogP) is 3.55. The zero-order valence-electron chi connectivity index (χ0n) is 10.8. The van der Waals surface area contributed by atoms with Gasteiger partial charge in [-0.2, -0.15) is 0 Å². The Balaban J connectivity index is 2.03. The average Bonchev–Trinajstić information content (AvgIpc) is 3.04. The first-order valence-electron chi connectivity index (χ1n) is 6.62. The summed E-state index contributed by atoms with van der Waals surface area (Å²) in [5.74, 6) is 0.531. The molecule has 2 N–H and O–H groups in total. The molecule has 1 unspecified atom stereocenters. The van der Waals surface area contributed by atoms with Crippen molar-refractivity contribution in [2.75, 3.05) is 0 Å². The SMILES string of the molecule is CC1(C)C2=C(CC=CC=C2)C2=C3C=CC(N)=C1C32. The van der Waals surface area contributed by atoms with Crippen molar-refractivity contribution in [2.24, 2.45) is 17.1 Å². The highest BCUT2D eigenvalue weighted by Crippen LogP contribution is 2.64. The van der Waals surface area contributed by atoms with Gasteiger partial charge in [0, 0.05) is 17.0 Å². The Kier molecular flexibility index (Phi) is 1.68. The minimum atomic E-state index is 0.0581. The molecule has 0 heterocycles. The first-order valence-corrected chi connectivity index (χ1v) is 6.62. The van der Waals surface area contributed by atoms with E-state index >= 15 is 0 Å². The van der Waals surface area contributed by atoms with E-state index in [1.807, 2.05) is 0 Å². The quantitative estimate of drug-likeness (QED) is 0.682. The topological polar surface area (TPSA) is 26.0 Å². The summed E-state index contributed by atoms with van der Waals surface area (Å²) < 4.78 is 0. The van der Waals surface area contributed by atoms with Crippen LogP contribution in [-0.2, 0) is 0 Å². The van der Waals surface area contributed by atoms with Crippen molar-refractivity contribution in [2.45, 2.75) is 20.3 Å². The van der Waals surface area contributed by atoms with Gasteiger partial charge in [0.15, 0.2) is 0 Å². The van der Waals surface area contributed by atoms with E-state index < -0.39 is 0 Å². The normalized spacial score (nSPS) is 30.4. The Morgan fingerprint density at radius 3 is 2.83 bits per heavy atom. The molecule has 0 saturated heterocycles. The van der Waals surface area contributed by atoms with Crippen LogP contribution in [0.25, 0.3) is 0 Å². The molecule has 0 amide bonds. The zero-order chi connectivity index (χ0) is 12.5. The van der Waals surface area contributed by atoms with Gasteiger partial charge in [-0.05, 0) is 40.4 Å². The maximum absolute atomic E-state index is 6.24. The molecule has 18 heavy (non-hydrogen) atoms. The predicted molar refractivity (Wildman–Crippen MR) is 74.6 cm³/mol. The van der Waals surface area contributed by atoms with Gasteiger partial charge in [0.25, 0.3) is 0 Å². The second-order valence-electron chi connectivity index (χ2n) is 6.01. The van der Waals surface area contributed by atoms with Crippen molar-refractivity contribution in [3.05, 3.63) is 70.0 Å². The summed E-state index contributed by atoms with van der Waals surface area (Å²) in [7, 11) is 0. The standard InChI is InChI=1S/C17H17N/c1-17(2)12-7-5-3-4-6-10(12)14-11-8-9-13(18)16(17)15(11)14/h3-5,7-9,15H,6,18H2,1-2H3. The highest BCUT2D eigenvalue weighted by Gasteiger charge is 2.52. The van der Waals surface area contributed by atoms with Gasteiger partial charge in [-0.15, -0.1) is 0 Å². The van der Waals surface area contributed by atoms with Crippen molar-refractivity contribution < 1.29 is 0 Å². The molecule has 0 bridgehead atoms. The van der Waals surface area contributed by atoms with Crippen molar-refractivity contribution in [1.29, 1.82) is 0 Å². The summed E-state index contributed by atoms with van der Waals surface area (Å²) in [6.07, 6.45) is 14.2. The van der Waals surface area contributed by atoms with E-state index in [0.717, 1.165) is 12.1 Å². The summed E-state index contributed by atoms with van der Waals surface area (Å²) in [6.45, 7) is 4.62. The van der Waals surface area contributed by atoms with Crippen LogP contribution in [0, 0.1) is 11.3 Å². The van der Waals surface area contributed by atoms with Gasteiger partial charge < -0.3 is 5.73 Å². The molecule has 1 heteroatoms. The van der Waals surface area contributed by atoms with E-state index in [0.29, 0.717) is 5.92 Å². The van der Waals surface area contributed by atoms with Gasteiger partial charge in [0.05, 0.1) is 0 Å². The minimum absolute atomic E-state index is 0.0581. The Bertz CT molecular complexity index is 645. The third kappa shape index (κ3) is 1.03. The molecule has 1 atom stereocenters. The van der Waals surface area contributed by atoms with Crippen LogP contribution in [0.1, 0.15) is 20.3 Å². The van der Waals surface area contributed by atoms with E-state index in [4.69, 9.17) is 5.73 Å². The van der Waals surface area contributed by atoms with E-state index in [2.05, 4.69) is 50.3 Å². The molecule has 0 aromatic heterocycles. The number of hydrogen-bond donors (Lipinski definition) is 1. The Morgan fingerprint density at radius 2 is 2.00 bits per heavy atom. The lowest BCUT2D eigenvalue weighted by molar-refractivity contribution is 0.499. The van der Waals surface area contributed by atoms with Crippen molar-refractivity contribution in [1.82, 2.24) is 0 Å². The van der Waals surface area contributed by atoms with Crippen LogP contribution in [0.3, 0.4) is 0 Å². The molecule has 0 radical (unpaired) electrons. The number of fused-ring (bicyclic) bond motifs is 1. The fourth-order valence-electron chi connectivity index (χ4n) is 3.84. The molecule has 0 aromatic carbocycles. The smallest absolute Gasteiger partial charge is 0.0340 e. The van der Waals surface area contributed by atoms with Crippen LogP contribution in [-0.4, -0.2) is 0 Å². The van der Waals surface area contributed by atoms with Crippen molar-refractivity contribution in [3.63, 3.8) is 0 Å². The molecular formula is C17H17N. The minimum Gasteiger partial charge on any atom is -0.399 e. The fourth-order valence-corrected chi connectivity index (χ4v) is 3.84. The second-order valence-corrected chi connectivity index (χ2v) is 6.01. The molecule has 4 aliphatic rings. The Hall–Kier alpha value is -1.76. The lowest BCUT2D eigenvalue weighted by atomic mass is 9.66. The Labute approximate surface area is 108 Å². The van der Waals surface area contributed by atoms with Gasteiger partial charge in [0.1, 0.15) is 0 Å². The van der Waals surface area contributed by atoms with Crippen LogP contribution in [0.2, 0.25) is 0 Å². The van der Waals surface area contributed by atoms with Gasteiger partial charge in [-0.25, -0.2) is 0 Å². The number of rotatable bonds is 0. The maximum atomic E-state index is 6.24. The average molecular weight is 235 g/mol. The molecule has 0 aromatic rings. The molecule has 4 rings (SSSR count). The molecular weight excluding hydrogens is 218 g/mol. The van der Waals surface area contributed by atoms with E-state index in [9.17, 15) is 0 Å². The highest BCUT2D eigenvalue weighted by molar-refractivity contribution is 5.75. The summed E-state index contributed by atoms with van der Waals surface area (Å²) in [5.41, 5.74) is 14.7. The third-order valence-electron chi connectivity index (χ3n) is 4.70. The molecule has 4 aliphatic carbocycles.